The minimum absolute atomic E-state index is 0.265. The Morgan fingerprint density at radius 3 is 2.27 bits per heavy atom. The van der Waals surface area contributed by atoms with Gasteiger partial charge in [-0.2, -0.15) is 0 Å². The van der Waals surface area contributed by atoms with E-state index in [9.17, 15) is 4.79 Å². The highest BCUT2D eigenvalue weighted by atomic mass is 32.1. The number of para-hydroxylation sites is 1. The number of nitrogens with zero attached hydrogens (tertiary/aromatic N) is 1. The molecule has 0 aliphatic heterocycles. The molecule has 0 saturated heterocycles. The van der Waals surface area contributed by atoms with Gasteiger partial charge < -0.3 is 9.88 Å². The van der Waals surface area contributed by atoms with Crippen molar-refractivity contribution >= 4 is 28.9 Å². The predicted molar refractivity (Wildman–Crippen MR) is 109 cm³/mol. The van der Waals surface area contributed by atoms with Gasteiger partial charge in [-0.15, -0.1) is 0 Å². The first-order valence-electron chi connectivity index (χ1n) is 8.21. The lowest BCUT2D eigenvalue weighted by atomic mass is 10.1. The van der Waals surface area contributed by atoms with E-state index in [1.165, 1.54) is 0 Å². The standard InChI is InChI=1S/C20H20N4OS/c1-14-11-15(2)13-16(12-14)21-20(26)23-22-19(25)17-7-3-4-8-18(17)24-9-5-6-10-24/h3-13H,1-2H3,(H,22,25)(H2,21,23,26). The van der Waals surface area contributed by atoms with Crippen molar-refractivity contribution in [1.82, 2.24) is 15.4 Å². The van der Waals surface area contributed by atoms with E-state index in [1.54, 1.807) is 6.07 Å². The lowest BCUT2D eigenvalue weighted by Gasteiger charge is -2.14. The number of hydrogen-bond acceptors (Lipinski definition) is 2. The molecule has 1 heterocycles. The average molecular weight is 364 g/mol. The highest BCUT2D eigenvalue weighted by molar-refractivity contribution is 7.80. The van der Waals surface area contributed by atoms with Crippen LogP contribution in [0.5, 0.6) is 0 Å². The third-order valence-corrected chi connectivity index (χ3v) is 4.00. The summed E-state index contributed by atoms with van der Waals surface area (Å²) in [6.07, 6.45) is 3.79. The summed E-state index contributed by atoms with van der Waals surface area (Å²) < 4.78 is 1.89. The molecule has 2 aromatic carbocycles. The van der Waals surface area contributed by atoms with E-state index in [0.717, 1.165) is 22.5 Å². The number of thiocarbonyl (C=S) groups is 1. The van der Waals surface area contributed by atoms with Gasteiger partial charge in [0, 0.05) is 18.1 Å². The zero-order valence-electron chi connectivity index (χ0n) is 14.6. The number of carbonyl (C=O) groups is 1. The largest absolute Gasteiger partial charge is 0.331 e. The molecule has 0 aliphatic carbocycles. The van der Waals surface area contributed by atoms with Gasteiger partial charge in [-0.05, 0) is 73.6 Å². The maximum absolute atomic E-state index is 12.6. The van der Waals surface area contributed by atoms with Gasteiger partial charge in [0.25, 0.3) is 5.91 Å². The van der Waals surface area contributed by atoms with Gasteiger partial charge in [-0.1, -0.05) is 18.2 Å². The molecule has 132 valence electrons. The summed E-state index contributed by atoms with van der Waals surface area (Å²) in [5.74, 6) is -0.265. The maximum atomic E-state index is 12.6. The van der Waals surface area contributed by atoms with Crippen LogP contribution in [0.4, 0.5) is 5.69 Å². The summed E-state index contributed by atoms with van der Waals surface area (Å²) in [6.45, 7) is 4.04. The normalized spacial score (nSPS) is 10.2. The van der Waals surface area contributed by atoms with Gasteiger partial charge in [0.1, 0.15) is 0 Å². The third kappa shape index (κ3) is 4.29. The zero-order valence-corrected chi connectivity index (χ0v) is 15.4. The van der Waals surface area contributed by atoms with Crippen molar-refractivity contribution in [3.05, 3.63) is 83.7 Å². The van der Waals surface area contributed by atoms with Gasteiger partial charge in [0.2, 0.25) is 0 Å². The summed E-state index contributed by atoms with van der Waals surface area (Å²) in [7, 11) is 0. The van der Waals surface area contributed by atoms with Crippen LogP contribution in [0.1, 0.15) is 21.5 Å². The van der Waals surface area contributed by atoms with E-state index >= 15 is 0 Å². The van der Waals surface area contributed by atoms with Crippen LogP contribution in [0.25, 0.3) is 5.69 Å². The zero-order chi connectivity index (χ0) is 18.5. The Balaban J connectivity index is 1.65. The number of hydrazine groups is 1. The number of benzene rings is 2. The molecule has 6 heteroatoms. The highest BCUT2D eigenvalue weighted by Gasteiger charge is 2.12. The summed E-state index contributed by atoms with van der Waals surface area (Å²) in [4.78, 5) is 12.6. The van der Waals surface area contributed by atoms with Crippen molar-refractivity contribution in [2.75, 3.05) is 5.32 Å². The lowest BCUT2D eigenvalue weighted by molar-refractivity contribution is 0.0944. The molecule has 0 atom stereocenters. The van der Waals surface area contributed by atoms with Crippen molar-refractivity contribution in [2.24, 2.45) is 0 Å². The molecule has 3 aromatic rings. The Morgan fingerprint density at radius 1 is 0.923 bits per heavy atom. The first-order chi connectivity index (χ1) is 12.5. The van der Waals surface area contributed by atoms with Crippen molar-refractivity contribution in [1.29, 1.82) is 0 Å². The van der Waals surface area contributed by atoms with Gasteiger partial charge in [-0.25, -0.2) is 0 Å². The smallest absolute Gasteiger partial charge is 0.271 e. The quantitative estimate of drug-likeness (QED) is 0.490. The van der Waals surface area contributed by atoms with Crippen molar-refractivity contribution in [2.45, 2.75) is 13.8 Å². The Bertz CT molecular complexity index is 914. The first-order valence-corrected chi connectivity index (χ1v) is 8.62. The average Bonchev–Trinajstić information content (AvgIpc) is 3.13. The first kappa shape index (κ1) is 17.7. The number of amides is 1. The molecule has 26 heavy (non-hydrogen) atoms. The molecule has 0 unspecified atom stereocenters. The Hall–Kier alpha value is -3.12. The molecule has 3 N–H and O–H groups in total. The van der Waals surface area contributed by atoms with Crippen LogP contribution in [0.2, 0.25) is 0 Å². The number of nitrogens with one attached hydrogen (secondary N) is 3. The summed E-state index contributed by atoms with van der Waals surface area (Å²) in [5, 5.41) is 3.39. The third-order valence-electron chi connectivity index (χ3n) is 3.80. The van der Waals surface area contributed by atoms with Gasteiger partial charge >= 0.3 is 0 Å². The van der Waals surface area contributed by atoms with E-state index in [-0.39, 0.29) is 5.91 Å². The SMILES string of the molecule is Cc1cc(C)cc(NC(=S)NNC(=O)c2ccccc2-n2cccc2)c1. The molecule has 0 saturated carbocycles. The summed E-state index contributed by atoms with van der Waals surface area (Å²) in [5.41, 5.74) is 9.89. The van der Waals surface area contributed by atoms with Crippen molar-refractivity contribution < 1.29 is 4.79 Å². The van der Waals surface area contributed by atoms with Crippen LogP contribution in [0.3, 0.4) is 0 Å². The number of anilines is 1. The molecule has 3 rings (SSSR count). The van der Waals surface area contributed by atoms with E-state index in [1.807, 2.05) is 73.3 Å². The fourth-order valence-electron chi connectivity index (χ4n) is 2.78. The van der Waals surface area contributed by atoms with Crippen LogP contribution in [0.15, 0.2) is 67.0 Å². The maximum Gasteiger partial charge on any atom is 0.271 e. The second kappa shape index (κ2) is 7.84. The molecule has 0 spiro atoms. The van der Waals surface area contributed by atoms with E-state index in [4.69, 9.17) is 12.2 Å². The summed E-state index contributed by atoms with van der Waals surface area (Å²) >= 11 is 5.26. The van der Waals surface area contributed by atoms with Gasteiger partial charge in [-0.3, -0.25) is 15.6 Å². The van der Waals surface area contributed by atoms with Crippen LogP contribution < -0.4 is 16.2 Å². The topological polar surface area (TPSA) is 58.1 Å². The van der Waals surface area contributed by atoms with Crippen LogP contribution in [0, 0.1) is 13.8 Å². The minimum atomic E-state index is -0.265. The Kier molecular flexibility index (Phi) is 5.34. The monoisotopic (exact) mass is 364 g/mol. The fourth-order valence-corrected chi connectivity index (χ4v) is 2.94. The molecule has 0 fully saturated rings. The van der Waals surface area contributed by atoms with Gasteiger partial charge in [0.05, 0.1) is 11.3 Å². The van der Waals surface area contributed by atoms with Crippen molar-refractivity contribution in [3.63, 3.8) is 0 Å². The number of aromatic nitrogens is 1. The van der Waals surface area contributed by atoms with Crippen LogP contribution >= 0.6 is 12.2 Å². The predicted octanol–water partition coefficient (Wildman–Crippen LogP) is 3.73. The summed E-state index contributed by atoms with van der Waals surface area (Å²) in [6, 6.07) is 17.3. The van der Waals surface area contributed by atoms with Crippen LogP contribution in [-0.4, -0.2) is 15.6 Å². The number of hydrogen-bond donors (Lipinski definition) is 3. The highest BCUT2D eigenvalue weighted by Crippen LogP contribution is 2.15. The Morgan fingerprint density at radius 2 is 1.58 bits per heavy atom. The molecular formula is C20H20N4OS. The molecule has 1 amide bonds. The van der Waals surface area contributed by atoms with E-state index in [0.29, 0.717) is 10.7 Å². The minimum Gasteiger partial charge on any atom is -0.331 e. The lowest BCUT2D eigenvalue weighted by Crippen LogP contribution is -2.44. The molecule has 5 nitrogen and oxygen atoms in total. The fraction of sp³-hybridized carbons (Fsp3) is 0.100. The second-order valence-electron chi connectivity index (χ2n) is 6.02. The molecule has 0 radical (unpaired) electrons. The molecular weight excluding hydrogens is 344 g/mol. The number of carbonyl (C=O) groups excluding carboxylic acids is 1. The van der Waals surface area contributed by atoms with E-state index in [2.05, 4.69) is 22.2 Å². The Labute approximate surface area is 158 Å². The number of aryl methyl sites for hydroxylation is 2. The van der Waals surface area contributed by atoms with Crippen LogP contribution in [-0.2, 0) is 0 Å². The molecule has 0 aliphatic rings. The molecule has 0 bridgehead atoms. The van der Waals surface area contributed by atoms with Gasteiger partial charge in [0.15, 0.2) is 5.11 Å². The number of rotatable bonds is 3. The van der Waals surface area contributed by atoms with E-state index < -0.39 is 0 Å². The second-order valence-corrected chi connectivity index (χ2v) is 6.43. The molecule has 1 aromatic heterocycles. The van der Waals surface area contributed by atoms with Crippen molar-refractivity contribution in [3.8, 4) is 5.69 Å².